The third-order valence-corrected chi connectivity index (χ3v) is 3.12. The number of benzene rings is 2. The van der Waals surface area contributed by atoms with E-state index in [9.17, 15) is 9.18 Å². The fourth-order valence-corrected chi connectivity index (χ4v) is 2.04. The first-order chi connectivity index (χ1) is 10.1. The lowest BCUT2D eigenvalue weighted by molar-refractivity contribution is -0.115. The van der Waals surface area contributed by atoms with E-state index >= 15 is 0 Å². The molecular formula is C17H19FN2O. The van der Waals surface area contributed by atoms with Gasteiger partial charge in [-0.15, -0.1) is 0 Å². The van der Waals surface area contributed by atoms with Crippen LogP contribution in [0, 0.1) is 5.82 Å². The zero-order valence-corrected chi connectivity index (χ0v) is 12.0. The molecule has 2 rings (SSSR count). The average molecular weight is 286 g/mol. The summed E-state index contributed by atoms with van der Waals surface area (Å²) in [5, 5.41) is 5.98. The maximum atomic E-state index is 12.8. The van der Waals surface area contributed by atoms with Gasteiger partial charge in [-0.2, -0.15) is 0 Å². The number of anilines is 1. The van der Waals surface area contributed by atoms with Gasteiger partial charge in [-0.1, -0.05) is 30.3 Å². The summed E-state index contributed by atoms with van der Waals surface area (Å²) in [5.74, 6) is -0.311. The highest BCUT2D eigenvalue weighted by Crippen LogP contribution is 2.06. The SMILES string of the molecule is CC(Cc1ccc(F)cc1)NCC(=O)Nc1ccccc1. The van der Waals surface area contributed by atoms with Crippen molar-refractivity contribution in [3.05, 3.63) is 66.0 Å². The monoisotopic (exact) mass is 286 g/mol. The minimum Gasteiger partial charge on any atom is -0.325 e. The van der Waals surface area contributed by atoms with Gasteiger partial charge >= 0.3 is 0 Å². The van der Waals surface area contributed by atoms with Crippen LogP contribution in [0.3, 0.4) is 0 Å². The topological polar surface area (TPSA) is 41.1 Å². The number of halogens is 1. The molecule has 2 N–H and O–H groups in total. The van der Waals surface area contributed by atoms with E-state index in [0.29, 0.717) is 0 Å². The van der Waals surface area contributed by atoms with Gasteiger partial charge in [0, 0.05) is 11.7 Å². The Morgan fingerprint density at radius 3 is 2.43 bits per heavy atom. The molecule has 21 heavy (non-hydrogen) atoms. The summed E-state index contributed by atoms with van der Waals surface area (Å²) in [6.45, 7) is 2.25. The minimum atomic E-state index is -0.235. The summed E-state index contributed by atoms with van der Waals surface area (Å²) >= 11 is 0. The Bertz CT molecular complexity index is 569. The maximum absolute atomic E-state index is 12.8. The van der Waals surface area contributed by atoms with Crippen molar-refractivity contribution in [2.45, 2.75) is 19.4 Å². The van der Waals surface area contributed by atoms with Gasteiger partial charge in [0.15, 0.2) is 0 Å². The van der Waals surface area contributed by atoms with Crippen LogP contribution < -0.4 is 10.6 Å². The smallest absolute Gasteiger partial charge is 0.238 e. The fourth-order valence-electron chi connectivity index (χ4n) is 2.04. The van der Waals surface area contributed by atoms with E-state index in [4.69, 9.17) is 0 Å². The molecule has 0 aliphatic carbocycles. The lowest BCUT2D eigenvalue weighted by Crippen LogP contribution is -2.35. The number of hydrogen-bond donors (Lipinski definition) is 2. The van der Waals surface area contributed by atoms with Gasteiger partial charge in [0.05, 0.1) is 6.54 Å². The summed E-state index contributed by atoms with van der Waals surface area (Å²) in [7, 11) is 0. The highest BCUT2D eigenvalue weighted by Gasteiger charge is 2.07. The van der Waals surface area contributed by atoms with Gasteiger partial charge in [0.2, 0.25) is 5.91 Å². The van der Waals surface area contributed by atoms with Gasteiger partial charge in [-0.3, -0.25) is 4.79 Å². The highest BCUT2D eigenvalue weighted by molar-refractivity contribution is 5.92. The second kappa shape index (κ2) is 7.55. The fraction of sp³-hybridized carbons (Fsp3) is 0.235. The Morgan fingerprint density at radius 1 is 1.10 bits per heavy atom. The van der Waals surface area contributed by atoms with Crippen LogP contribution in [0.1, 0.15) is 12.5 Å². The largest absolute Gasteiger partial charge is 0.325 e. The second-order valence-electron chi connectivity index (χ2n) is 5.03. The van der Waals surface area contributed by atoms with Crippen molar-refractivity contribution in [3.8, 4) is 0 Å². The lowest BCUT2D eigenvalue weighted by Gasteiger charge is -2.14. The van der Waals surface area contributed by atoms with Crippen molar-refractivity contribution in [3.63, 3.8) is 0 Å². The molecule has 0 spiro atoms. The molecule has 0 bridgehead atoms. The van der Waals surface area contributed by atoms with Crippen LogP contribution in [0.2, 0.25) is 0 Å². The minimum absolute atomic E-state index is 0.0767. The molecule has 0 aliphatic rings. The van der Waals surface area contributed by atoms with E-state index in [0.717, 1.165) is 17.7 Å². The Labute approximate surface area is 124 Å². The maximum Gasteiger partial charge on any atom is 0.238 e. The van der Waals surface area contributed by atoms with E-state index in [1.165, 1.54) is 12.1 Å². The lowest BCUT2D eigenvalue weighted by atomic mass is 10.1. The summed E-state index contributed by atoms with van der Waals surface area (Å²) < 4.78 is 12.8. The molecule has 4 heteroatoms. The van der Waals surface area contributed by atoms with Gasteiger partial charge in [-0.05, 0) is 43.2 Å². The Morgan fingerprint density at radius 2 is 1.76 bits per heavy atom. The molecule has 0 aliphatic heterocycles. The van der Waals surface area contributed by atoms with Gasteiger partial charge in [-0.25, -0.2) is 4.39 Å². The number of para-hydroxylation sites is 1. The summed E-state index contributed by atoms with van der Waals surface area (Å²) in [4.78, 5) is 11.8. The van der Waals surface area contributed by atoms with Crippen LogP contribution in [0.4, 0.5) is 10.1 Å². The van der Waals surface area contributed by atoms with Crippen LogP contribution in [0.5, 0.6) is 0 Å². The summed E-state index contributed by atoms with van der Waals surface area (Å²) in [5.41, 5.74) is 1.83. The van der Waals surface area contributed by atoms with E-state index in [2.05, 4.69) is 10.6 Å². The van der Waals surface area contributed by atoms with Crippen molar-refractivity contribution in [2.24, 2.45) is 0 Å². The molecule has 0 radical (unpaired) electrons. The first-order valence-corrected chi connectivity index (χ1v) is 6.96. The summed E-state index contributed by atoms with van der Waals surface area (Å²) in [6.07, 6.45) is 0.749. The molecule has 1 amide bonds. The highest BCUT2D eigenvalue weighted by atomic mass is 19.1. The van der Waals surface area contributed by atoms with Crippen molar-refractivity contribution in [2.75, 3.05) is 11.9 Å². The number of amides is 1. The van der Waals surface area contributed by atoms with Crippen LogP contribution >= 0.6 is 0 Å². The number of carbonyl (C=O) groups excluding carboxylic acids is 1. The Kier molecular flexibility index (Phi) is 5.46. The normalized spacial score (nSPS) is 11.9. The predicted molar refractivity (Wildman–Crippen MR) is 82.6 cm³/mol. The first-order valence-electron chi connectivity index (χ1n) is 6.96. The molecule has 110 valence electrons. The standard InChI is InChI=1S/C17H19FN2O/c1-13(11-14-7-9-15(18)10-8-14)19-12-17(21)20-16-5-3-2-4-6-16/h2-10,13,19H,11-12H2,1H3,(H,20,21). The van der Waals surface area contributed by atoms with Crippen LogP contribution in [0.15, 0.2) is 54.6 Å². The van der Waals surface area contributed by atoms with Crippen molar-refractivity contribution in [1.29, 1.82) is 0 Å². The van der Waals surface area contributed by atoms with Crippen molar-refractivity contribution in [1.82, 2.24) is 5.32 Å². The van der Waals surface area contributed by atoms with Gasteiger partial charge < -0.3 is 10.6 Å². The van der Waals surface area contributed by atoms with E-state index in [-0.39, 0.29) is 24.3 Å². The molecule has 1 atom stereocenters. The third kappa shape index (κ3) is 5.36. The van der Waals surface area contributed by atoms with Crippen LogP contribution in [-0.4, -0.2) is 18.5 Å². The molecule has 0 saturated heterocycles. The molecule has 2 aromatic carbocycles. The number of nitrogens with one attached hydrogen (secondary N) is 2. The molecule has 1 unspecified atom stereocenters. The Hall–Kier alpha value is -2.20. The predicted octanol–water partition coefficient (Wildman–Crippen LogP) is 2.99. The number of carbonyl (C=O) groups is 1. The molecule has 0 aromatic heterocycles. The Balaban J connectivity index is 1.74. The zero-order chi connectivity index (χ0) is 15.1. The second-order valence-corrected chi connectivity index (χ2v) is 5.03. The molecule has 3 nitrogen and oxygen atoms in total. The number of rotatable bonds is 6. The zero-order valence-electron chi connectivity index (χ0n) is 12.0. The molecule has 0 saturated carbocycles. The number of hydrogen-bond acceptors (Lipinski definition) is 2. The third-order valence-electron chi connectivity index (χ3n) is 3.12. The van der Waals surface area contributed by atoms with E-state index in [1.54, 1.807) is 12.1 Å². The van der Waals surface area contributed by atoms with E-state index < -0.39 is 0 Å². The molecule has 2 aromatic rings. The molecule has 0 fully saturated rings. The van der Waals surface area contributed by atoms with Crippen molar-refractivity contribution < 1.29 is 9.18 Å². The molecular weight excluding hydrogens is 267 g/mol. The van der Waals surface area contributed by atoms with Crippen LogP contribution in [-0.2, 0) is 11.2 Å². The van der Waals surface area contributed by atoms with Crippen LogP contribution in [0.25, 0.3) is 0 Å². The molecule has 0 heterocycles. The van der Waals surface area contributed by atoms with E-state index in [1.807, 2.05) is 37.3 Å². The summed E-state index contributed by atoms with van der Waals surface area (Å²) in [6, 6.07) is 15.9. The first kappa shape index (κ1) is 15.2. The van der Waals surface area contributed by atoms with Gasteiger partial charge in [0.25, 0.3) is 0 Å². The average Bonchev–Trinajstić information content (AvgIpc) is 2.49. The van der Waals surface area contributed by atoms with Gasteiger partial charge in [0.1, 0.15) is 5.82 Å². The quantitative estimate of drug-likeness (QED) is 0.857. The van der Waals surface area contributed by atoms with Crippen molar-refractivity contribution >= 4 is 11.6 Å².